The minimum atomic E-state index is -1.50. The minimum absolute atomic E-state index is 0. The summed E-state index contributed by atoms with van der Waals surface area (Å²) in [4.78, 5) is 40.3. The summed E-state index contributed by atoms with van der Waals surface area (Å²) in [5.74, 6) is 0. The molecule has 0 atom stereocenters. The molecule has 0 bridgehead atoms. The Morgan fingerprint density at radius 2 is 0.625 bits per heavy atom. The normalized spacial score (nSPS) is 10.3. The van der Waals surface area contributed by atoms with Gasteiger partial charge >= 0.3 is 0 Å². The van der Waals surface area contributed by atoms with Gasteiger partial charge in [0.15, 0.2) is 0 Å². The molecule has 4 aromatic heterocycles. The molecule has 0 saturated carbocycles. The van der Waals surface area contributed by atoms with E-state index in [9.17, 15) is 0 Å². The molecule has 7 aromatic rings. The van der Waals surface area contributed by atoms with Crippen molar-refractivity contribution in [3.05, 3.63) is 200 Å². The summed E-state index contributed by atoms with van der Waals surface area (Å²) in [6.45, 7) is 4.43. The van der Waals surface area contributed by atoms with Crippen molar-refractivity contribution < 1.29 is 59.5 Å². The van der Waals surface area contributed by atoms with Crippen molar-refractivity contribution in [2.75, 3.05) is 0 Å². The van der Waals surface area contributed by atoms with E-state index in [1.807, 2.05) is 49.1 Å². The van der Waals surface area contributed by atoms with Crippen LogP contribution in [0.15, 0.2) is 146 Å². The van der Waals surface area contributed by atoms with Crippen LogP contribution in [0, 0.1) is 20.2 Å². The Morgan fingerprint density at radius 1 is 0.411 bits per heavy atom. The smallest absolute Gasteiger partial charge is 0.291 e. The van der Waals surface area contributed by atoms with Crippen molar-refractivity contribution in [1.29, 1.82) is 0 Å². The molecule has 0 spiro atoms. The first kappa shape index (κ1) is 44.7. The maximum Gasteiger partial charge on any atom is 0.291 e. The number of aromatic nitrogens is 4. The molecule has 0 amide bonds. The van der Waals surface area contributed by atoms with E-state index in [2.05, 4.69) is 127 Å². The maximum absolute atomic E-state index is 8.36. The third-order valence-corrected chi connectivity index (χ3v) is 8.37. The van der Waals surface area contributed by atoms with Crippen molar-refractivity contribution in [3.8, 4) is 0 Å². The summed E-state index contributed by atoms with van der Waals surface area (Å²) in [6.07, 6.45) is 7.48. The van der Waals surface area contributed by atoms with Crippen molar-refractivity contribution in [2.45, 2.75) is 39.3 Å². The Bertz CT molecular complexity index is 1940. The fraction of sp³-hybridized carbons (Fsp3) is 0.150. The van der Waals surface area contributed by atoms with Crippen molar-refractivity contribution in [2.24, 2.45) is 0 Å². The SMILES string of the molecule is O=[N+]([O-])O.O=[N+]([O-])O.[Zn].[Zn].c1ccc(CN(Cc2ccccn2)Cc2c3ccccc3c(CN(Cc3ccccn3)Cc3ccccn3)c3ccccc23)nc1. The van der Waals surface area contributed by atoms with Crippen LogP contribution in [-0.4, -0.2) is 50.3 Å². The first-order valence-corrected chi connectivity index (χ1v) is 16.9. The molecule has 16 heteroatoms. The zero-order chi connectivity index (χ0) is 38.1. The van der Waals surface area contributed by atoms with Crippen LogP contribution in [0.5, 0.6) is 0 Å². The van der Waals surface area contributed by atoms with Gasteiger partial charge in [-0.25, -0.2) is 0 Å². The molecule has 3 aromatic carbocycles. The molecule has 56 heavy (non-hydrogen) atoms. The average molecular weight is 858 g/mol. The molecule has 7 rings (SSSR count). The molecule has 2 N–H and O–H groups in total. The van der Waals surface area contributed by atoms with E-state index < -0.39 is 10.2 Å². The zero-order valence-corrected chi connectivity index (χ0v) is 36.6. The number of benzene rings is 3. The number of hydrogen-bond acceptors (Lipinski definition) is 10. The average Bonchev–Trinajstić information content (AvgIpc) is 3.17. The van der Waals surface area contributed by atoms with Crippen LogP contribution in [0.3, 0.4) is 0 Å². The second-order valence-corrected chi connectivity index (χ2v) is 12.1. The zero-order valence-electron chi connectivity index (χ0n) is 30.6. The van der Waals surface area contributed by atoms with Gasteiger partial charge in [0, 0.05) is 103 Å². The van der Waals surface area contributed by atoms with Crippen molar-refractivity contribution in [1.82, 2.24) is 29.7 Å². The van der Waals surface area contributed by atoms with Crippen LogP contribution >= 0.6 is 0 Å². The molecule has 0 aliphatic rings. The van der Waals surface area contributed by atoms with Crippen LogP contribution < -0.4 is 0 Å². The summed E-state index contributed by atoms with van der Waals surface area (Å²) in [5, 5.41) is 32.4. The third-order valence-electron chi connectivity index (χ3n) is 8.37. The van der Waals surface area contributed by atoms with E-state index in [1.165, 1.54) is 32.7 Å². The van der Waals surface area contributed by atoms with E-state index in [4.69, 9.17) is 30.6 Å². The van der Waals surface area contributed by atoms with E-state index in [0.717, 1.165) is 62.0 Å². The van der Waals surface area contributed by atoms with Gasteiger partial charge in [-0.3, -0.25) is 29.7 Å². The Hall–Kier alpha value is -5.65. The first-order valence-electron chi connectivity index (χ1n) is 16.9. The number of nitrogens with zero attached hydrogens (tertiary/aromatic N) is 8. The van der Waals surface area contributed by atoms with Crippen molar-refractivity contribution in [3.63, 3.8) is 0 Å². The molecular formula is C40H38N8O6Zn2. The number of hydrogen-bond donors (Lipinski definition) is 2. The topological polar surface area (TPSA) is 185 Å². The quantitative estimate of drug-likeness (QED) is 0.0543. The van der Waals surface area contributed by atoms with Gasteiger partial charge in [-0.15, -0.1) is 20.2 Å². The van der Waals surface area contributed by atoms with Gasteiger partial charge in [0.25, 0.3) is 10.2 Å². The Labute approximate surface area is 348 Å². The molecule has 278 valence electrons. The predicted octanol–water partition coefficient (Wildman–Crippen LogP) is 7.28. The van der Waals surface area contributed by atoms with Crippen LogP contribution in [0.25, 0.3) is 21.5 Å². The number of rotatable bonds is 12. The van der Waals surface area contributed by atoms with E-state index in [1.54, 1.807) is 0 Å². The molecule has 0 radical (unpaired) electrons. The summed E-state index contributed by atoms with van der Waals surface area (Å²) in [5.41, 5.74) is 6.82. The minimum Gasteiger partial charge on any atom is -0.328 e. The van der Waals surface area contributed by atoms with Crippen LogP contribution in [-0.2, 0) is 78.2 Å². The molecule has 14 nitrogen and oxygen atoms in total. The maximum atomic E-state index is 8.36. The molecule has 0 aliphatic carbocycles. The molecular weight excluding hydrogens is 819 g/mol. The second kappa shape index (κ2) is 23.3. The van der Waals surface area contributed by atoms with Gasteiger partial charge in [0.1, 0.15) is 0 Å². The van der Waals surface area contributed by atoms with Crippen LogP contribution in [0.1, 0.15) is 33.9 Å². The molecule has 4 heterocycles. The second-order valence-electron chi connectivity index (χ2n) is 12.1. The Kier molecular flexibility index (Phi) is 18.6. The van der Waals surface area contributed by atoms with Crippen LogP contribution in [0.2, 0.25) is 0 Å². The molecule has 0 fully saturated rings. The molecule has 0 unspecified atom stereocenters. The molecule has 0 saturated heterocycles. The van der Waals surface area contributed by atoms with E-state index in [-0.39, 0.29) is 39.0 Å². The molecule has 0 aliphatic heterocycles. The van der Waals surface area contributed by atoms with E-state index >= 15 is 0 Å². The Morgan fingerprint density at radius 3 is 0.821 bits per heavy atom. The van der Waals surface area contributed by atoms with Gasteiger partial charge < -0.3 is 10.4 Å². The first-order chi connectivity index (χ1) is 26.3. The summed E-state index contributed by atoms with van der Waals surface area (Å²) in [6, 6.07) is 42.3. The van der Waals surface area contributed by atoms with Crippen molar-refractivity contribution >= 4 is 21.5 Å². The largest absolute Gasteiger partial charge is 0.328 e. The summed E-state index contributed by atoms with van der Waals surface area (Å²) < 4.78 is 0. The van der Waals surface area contributed by atoms with E-state index in [0.29, 0.717) is 0 Å². The van der Waals surface area contributed by atoms with Crippen LogP contribution in [0.4, 0.5) is 0 Å². The van der Waals surface area contributed by atoms with Gasteiger partial charge in [0.2, 0.25) is 0 Å². The summed E-state index contributed by atoms with van der Waals surface area (Å²) in [7, 11) is 0. The third kappa shape index (κ3) is 13.9. The van der Waals surface area contributed by atoms with Gasteiger partial charge in [0.05, 0.1) is 22.8 Å². The van der Waals surface area contributed by atoms with Gasteiger partial charge in [-0.1, -0.05) is 72.8 Å². The Balaban J connectivity index is 0.000000771. The fourth-order valence-electron chi connectivity index (χ4n) is 6.32. The predicted molar refractivity (Wildman–Crippen MR) is 202 cm³/mol. The standard InChI is InChI=1S/C40H36N6.2HNO3.2Zn/c1-2-18-36-35(17-1)39(29-45(25-31-13-5-9-21-41-31)26-32-14-6-10-22-42-32)37-19-3-4-20-38(37)40(36)30-46(27-33-15-7-11-23-43-33)28-34-16-8-12-24-44-34;2*2-1(3)4;;/h1-24H,25-30H2;2*(H,2,3,4);;. The number of fused-ring (bicyclic) bond motifs is 2. The summed E-state index contributed by atoms with van der Waals surface area (Å²) >= 11 is 0. The monoisotopic (exact) mass is 854 g/mol. The number of pyridine rings is 4. The van der Waals surface area contributed by atoms with Gasteiger partial charge in [-0.05, 0) is 81.2 Å². The fourth-order valence-corrected chi connectivity index (χ4v) is 6.32. The van der Waals surface area contributed by atoms with Gasteiger partial charge in [-0.2, -0.15) is 0 Å².